The minimum atomic E-state index is -1.27. The molecule has 31 heavy (non-hydrogen) atoms. The number of nitrogens with zero attached hydrogens (tertiary/aromatic N) is 1. The summed E-state index contributed by atoms with van der Waals surface area (Å²) in [7, 11) is 0. The van der Waals surface area contributed by atoms with Crippen LogP contribution in [0.1, 0.15) is 12.0 Å². The van der Waals surface area contributed by atoms with E-state index in [4.69, 9.17) is 9.94 Å². The van der Waals surface area contributed by atoms with E-state index in [1.807, 2.05) is 42.5 Å². The zero-order valence-electron chi connectivity index (χ0n) is 16.6. The van der Waals surface area contributed by atoms with Crippen molar-refractivity contribution in [3.8, 4) is 0 Å². The lowest BCUT2D eigenvalue weighted by atomic mass is 10.1. The predicted octanol–water partition coefficient (Wildman–Crippen LogP) is 2.41. The first kappa shape index (κ1) is 21.7. The van der Waals surface area contributed by atoms with Crippen LogP contribution in [0, 0.1) is 0 Å². The molecule has 0 saturated heterocycles. The third-order valence-corrected chi connectivity index (χ3v) is 4.48. The van der Waals surface area contributed by atoms with Gasteiger partial charge < -0.3 is 15.4 Å². The summed E-state index contributed by atoms with van der Waals surface area (Å²) in [6, 6.07) is 17.1. The zero-order chi connectivity index (χ0) is 22.1. The number of nitrogens with one attached hydrogen (secondary N) is 3. The number of aromatic nitrogens is 1. The third-order valence-electron chi connectivity index (χ3n) is 4.48. The van der Waals surface area contributed by atoms with Crippen LogP contribution in [0.5, 0.6) is 0 Å². The van der Waals surface area contributed by atoms with Crippen molar-refractivity contribution in [1.82, 2.24) is 15.8 Å². The van der Waals surface area contributed by atoms with Crippen LogP contribution in [0.15, 0.2) is 66.9 Å². The first-order valence-corrected chi connectivity index (χ1v) is 9.61. The number of anilines is 1. The largest absolute Gasteiger partial charge is 0.449 e. The van der Waals surface area contributed by atoms with Gasteiger partial charge in [-0.1, -0.05) is 48.5 Å². The van der Waals surface area contributed by atoms with Gasteiger partial charge in [-0.3, -0.25) is 19.8 Å². The topological polar surface area (TPSA) is 130 Å². The number of alkyl carbamates (subject to hydrolysis) is 1. The van der Waals surface area contributed by atoms with Gasteiger partial charge in [-0.25, -0.2) is 10.3 Å². The lowest BCUT2D eigenvalue weighted by Gasteiger charge is -2.18. The molecule has 9 nitrogen and oxygen atoms in total. The molecule has 0 bridgehead atoms. The highest BCUT2D eigenvalue weighted by atomic mass is 16.5. The molecule has 1 heterocycles. The molecule has 2 aromatic carbocycles. The standard InChI is InChI=1S/C22H22N4O5/c27-19(26-30)14-18(25-22(29)31-13-11-15-6-2-1-3-7-15)21(28)24-17-10-4-8-16-9-5-12-23-20(16)17/h1-10,12,18,30H,11,13-14H2,(H,24,28)(H,25,29)(H,26,27)/t18-/m0/s1. The number of carbonyl (C=O) groups excluding carboxylic acids is 3. The van der Waals surface area contributed by atoms with E-state index < -0.39 is 30.4 Å². The van der Waals surface area contributed by atoms with Gasteiger partial charge >= 0.3 is 6.09 Å². The summed E-state index contributed by atoms with van der Waals surface area (Å²) >= 11 is 0. The molecule has 3 amide bonds. The van der Waals surface area contributed by atoms with E-state index in [1.54, 1.807) is 24.4 Å². The number of para-hydroxylation sites is 1. The van der Waals surface area contributed by atoms with E-state index >= 15 is 0 Å². The molecule has 9 heteroatoms. The second-order valence-electron chi connectivity index (χ2n) is 6.68. The lowest BCUT2D eigenvalue weighted by Crippen LogP contribution is -2.46. The molecular formula is C22H22N4O5. The van der Waals surface area contributed by atoms with Gasteiger partial charge in [-0.05, 0) is 17.7 Å². The summed E-state index contributed by atoms with van der Waals surface area (Å²) in [5.74, 6) is -1.48. The van der Waals surface area contributed by atoms with E-state index in [0.717, 1.165) is 10.9 Å². The number of pyridine rings is 1. The molecule has 0 unspecified atom stereocenters. The fourth-order valence-corrected chi connectivity index (χ4v) is 2.96. The van der Waals surface area contributed by atoms with Crippen LogP contribution in [-0.2, 0) is 20.7 Å². The van der Waals surface area contributed by atoms with Crippen LogP contribution in [0.25, 0.3) is 10.9 Å². The van der Waals surface area contributed by atoms with Crippen molar-refractivity contribution in [2.75, 3.05) is 11.9 Å². The number of amides is 3. The maximum atomic E-state index is 12.8. The average Bonchev–Trinajstić information content (AvgIpc) is 2.79. The minimum absolute atomic E-state index is 0.101. The molecule has 0 radical (unpaired) electrons. The van der Waals surface area contributed by atoms with Gasteiger partial charge in [0.05, 0.1) is 24.2 Å². The van der Waals surface area contributed by atoms with Crippen molar-refractivity contribution < 1.29 is 24.3 Å². The molecule has 0 aliphatic rings. The van der Waals surface area contributed by atoms with Crippen LogP contribution in [0.3, 0.4) is 0 Å². The monoisotopic (exact) mass is 422 g/mol. The molecule has 0 spiro atoms. The van der Waals surface area contributed by atoms with Crippen molar-refractivity contribution in [1.29, 1.82) is 0 Å². The Morgan fingerprint density at radius 1 is 1.00 bits per heavy atom. The lowest BCUT2D eigenvalue weighted by molar-refractivity contribution is -0.131. The molecule has 160 valence electrons. The second-order valence-corrected chi connectivity index (χ2v) is 6.68. The number of benzene rings is 2. The number of rotatable bonds is 8. The van der Waals surface area contributed by atoms with E-state index in [-0.39, 0.29) is 6.61 Å². The fourth-order valence-electron chi connectivity index (χ4n) is 2.96. The molecule has 1 atom stereocenters. The van der Waals surface area contributed by atoms with Crippen LogP contribution < -0.4 is 16.1 Å². The number of hydroxylamine groups is 1. The quantitative estimate of drug-likeness (QED) is 0.326. The van der Waals surface area contributed by atoms with E-state index in [1.165, 1.54) is 5.48 Å². The van der Waals surface area contributed by atoms with Crippen molar-refractivity contribution in [2.45, 2.75) is 18.9 Å². The van der Waals surface area contributed by atoms with Gasteiger partial charge in [0, 0.05) is 18.0 Å². The predicted molar refractivity (Wildman–Crippen MR) is 113 cm³/mol. The number of hydrogen-bond acceptors (Lipinski definition) is 6. The van der Waals surface area contributed by atoms with Crippen molar-refractivity contribution in [3.05, 3.63) is 72.4 Å². The Morgan fingerprint density at radius 2 is 1.77 bits per heavy atom. The first-order valence-electron chi connectivity index (χ1n) is 9.61. The number of hydrogen-bond donors (Lipinski definition) is 4. The maximum Gasteiger partial charge on any atom is 0.407 e. The highest BCUT2D eigenvalue weighted by molar-refractivity contribution is 6.04. The fraction of sp³-hybridized carbons (Fsp3) is 0.182. The Bertz CT molecular complexity index is 1050. The summed E-state index contributed by atoms with van der Waals surface area (Å²) in [5.41, 5.74) is 3.44. The van der Waals surface area contributed by atoms with Crippen LogP contribution >= 0.6 is 0 Å². The number of carbonyl (C=O) groups is 3. The van der Waals surface area contributed by atoms with Crippen molar-refractivity contribution in [3.63, 3.8) is 0 Å². The Labute approximate surface area is 178 Å². The minimum Gasteiger partial charge on any atom is -0.449 e. The van der Waals surface area contributed by atoms with Gasteiger partial charge in [-0.2, -0.15) is 0 Å². The van der Waals surface area contributed by atoms with Gasteiger partial charge in [0.2, 0.25) is 11.8 Å². The van der Waals surface area contributed by atoms with Gasteiger partial charge in [0.1, 0.15) is 6.04 Å². The summed E-state index contributed by atoms with van der Waals surface area (Å²) in [4.78, 5) is 40.8. The summed E-state index contributed by atoms with van der Waals surface area (Å²) in [5, 5.41) is 14.7. The van der Waals surface area contributed by atoms with Crippen LogP contribution in [0.4, 0.5) is 10.5 Å². The van der Waals surface area contributed by atoms with Gasteiger partial charge in [-0.15, -0.1) is 0 Å². The summed E-state index contributed by atoms with van der Waals surface area (Å²) < 4.78 is 5.13. The Kier molecular flexibility index (Phi) is 7.50. The highest BCUT2D eigenvalue weighted by Gasteiger charge is 2.25. The Hall–Kier alpha value is -3.98. The average molecular weight is 422 g/mol. The Morgan fingerprint density at radius 3 is 2.55 bits per heavy atom. The molecule has 0 saturated carbocycles. The number of fused-ring (bicyclic) bond motifs is 1. The molecular weight excluding hydrogens is 400 g/mol. The molecule has 4 N–H and O–H groups in total. The maximum absolute atomic E-state index is 12.8. The smallest absolute Gasteiger partial charge is 0.407 e. The zero-order valence-corrected chi connectivity index (χ0v) is 16.6. The normalized spacial score (nSPS) is 11.4. The molecule has 0 fully saturated rings. The van der Waals surface area contributed by atoms with Crippen molar-refractivity contribution in [2.24, 2.45) is 0 Å². The second kappa shape index (κ2) is 10.7. The third kappa shape index (κ3) is 6.25. The first-order chi connectivity index (χ1) is 15.1. The van der Waals surface area contributed by atoms with Gasteiger partial charge in [0.15, 0.2) is 0 Å². The Balaban J connectivity index is 1.64. The van der Waals surface area contributed by atoms with E-state index in [2.05, 4.69) is 15.6 Å². The van der Waals surface area contributed by atoms with E-state index in [9.17, 15) is 14.4 Å². The van der Waals surface area contributed by atoms with E-state index in [0.29, 0.717) is 17.6 Å². The van der Waals surface area contributed by atoms with Gasteiger partial charge in [0.25, 0.3) is 0 Å². The molecule has 0 aliphatic heterocycles. The van der Waals surface area contributed by atoms with Crippen LogP contribution in [-0.4, -0.2) is 40.7 Å². The molecule has 3 rings (SSSR count). The van der Waals surface area contributed by atoms with Crippen molar-refractivity contribution >= 4 is 34.5 Å². The molecule has 3 aromatic rings. The molecule has 0 aliphatic carbocycles. The van der Waals surface area contributed by atoms with Crippen LogP contribution in [0.2, 0.25) is 0 Å². The summed E-state index contributed by atoms with van der Waals surface area (Å²) in [6.45, 7) is 0.101. The summed E-state index contributed by atoms with van der Waals surface area (Å²) in [6.07, 6.45) is 0.771. The molecule has 1 aromatic heterocycles. The highest BCUT2D eigenvalue weighted by Crippen LogP contribution is 2.21. The SMILES string of the molecule is O=C(C[C@H](NC(=O)OCCc1ccccc1)C(=O)Nc1cccc2cccnc12)NO. The number of ether oxygens (including phenoxy) is 1.